The van der Waals surface area contributed by atoms with Crippen molar-refractivity contribution in [1.29, 1.82) is 0 Å². The van der Waals surface area contributed by atoms with E-state index in [1.54, 1.807) is 0 Å². The predicted octanol–water partition coefficient (Wildman–Crippen LogP) is 11.3. The molecule has 0 spiro atoms. The Balaban J connectivity index is 1.14. The molecule has 246 valence electrons. The molecule has 3 aromatic heterocycles. The summed E-state index contributed by atoms with van der Waals surface area (Å²) in [6, 6.07) is 55.2. The summed E-state index contributed by atoms with van der Waals surface area (Å²) in [5.41, 5.74) is 13.0. The maximum absolute atomic E-state index is 5.23. The third-order valence-corrected chi connectivity index (χ3v) is 10.5. The van der Waals surface area contributed by atoms with Crippen molar-refractivity contribution in [3.63, 3.8) is 0 Å². The normalized spacial score (nSPS) is 13.0. The number of hydrogen-bond donors (Lipinski definition) is 0. The SMILES string of the molecule is CC1(C)c2cc(-n3c4ccccc4c4cccnc43)ccc2-c2cccc(-c3nc(-c4ccccc4)nc(-c4cccc(-c5ccccc5)c4)n3)c21. The minimum atomic E-state index is -0.337. The minimum Gasteiger partial charge on any atom is -0.294 e. The molecule has 5 nitrogen and oxygen atoms in total. The quantitative estimate of drug-likeness (QED) is 0.183. The van der Waals surface area contributed by atoms with Crippen molar-refractivity contribution in [3.8, 4) is 62.1 Å². The molecule has 1 aliphatic carbocycles. The van der Waals surface area contributed by atoms with Crippen LogP contribution in [-0.4, -0.2) is 24.5 Å². The van der Waals surface area contributed by atoms with E-state index < -0.39 is 0 Å². The van der Waals surface area contributed by atoms with Gasteiger partial charge in [-0.2, -0.15) is 0 Å². The van der Waals surface area contributed by atoms with Gasteiger partial charge < -0.3 is 0 Å². The molecular weight excluding hydrogens is 635 g/mol. The summed E-state index contributed by atoms with van der Waals surface area (Å²) in [4.78, 5) is 20.3. The van der Waals surface area contributed by atoms with E-state index in [-0.39, 0.29) is 5.41 Å². The Kier molecular flexibility index (Phi) is 6.77. The highest BCUT2D eigenvalue weighted by Crippen LogP contribution is 2.52. The molecule has 0 saturated heterocycles. The zero-order valence-corrected chi connectivity index (χ0v) is 28.8. The molecule has 0 fully saturated rings. The van der Waals surface area contributed by atoms with Crippen molar-refractivity contribution >= 4 is 21.9 Å². The van der Waals surface area contributed by atoms with Crippen LogP contribution >= 0.6 is 0 Å². The van der Waals surface area contributed by atoms with E-state index >= 15 is 0 Å². The van der Waals surface area contributed by atoms with Gasteiger partial charge in [0.05, 0.1) is 5.52 Å². The number of nitrogens with zero attached hydrogens (tertiary/aromatic N) is 5. The average Bonchev–Trinajstić information content (AvgIpc) is 3.66. The molecule has 0 atom stereocenters. The minimum absolute atomic E-state index is 0.337. The second-order valence-electron chi connectivity index (χ2n) is 13.9. The molecule has 0 bridgehead atoms. The number of hydrogen-bond acceptors (Lipinski definition) is 4. The van der Waals surface area contributed by atoms with Gasteiger partial charge in [-0.05, 0) is 69.8 Å². The summed E-state index contributed by atoms with van der Waals surface area (Å²) in [5.74, 6) is 1.96. The van der Waals surface area contributed by atoms with E-state index in [4.69, 9.17) is 19.9 Å². The molecule has 0 N–H and O–H groups in total. The highest BCUT2D eigenvalue weighted by atomic mass is 15.0. The topological polar surface area (TPSA) is 56.5 Å². The number of fused-ring (bicyclic) bond motifs is 6. The molecule has 10 rings (SSSR count). The van der Waals surface area contributed by atoms with Crippen LogP contribution in [0.5, 0.6) is 0 Å². The van der Waals surface area contributed by atoms with E-state index in [0.29, 0.717) is 17.5 Å². The first-order valence-corrected chi connectivity index (χ1v) is 17.7. The van der Waals surface area contributed by atoms with Crippen LogP contribution in [0.25, 0.3) is 84.0 Å². The van der Waals surface area contributed by atoms with Gasteiger partial charge in [-0.1, -0.05) is 135 Å². The Labute approximate surface area is 302 Å². The Morgan fingerprint density at radius 2 is 1.10 bits per heavy atom. The van der Waals surface area contributed by atoms with Crippen LogP contribution in [0.4, 0.5) is 0 Å². The van der Waals surface area contributed by atoms with Gasteiger partial charge in [0.1, 0.15) is 5.65 Å². The fourth-order valence-corrected chi connectivity index (χ4v) is 8.06. The van der Waals surface area contributed by atoms with Crippen molar-refractivity contribution in [2.45, 2.75) is 19.3 Å². The van der Waals surface area contributed by atoms with E-state index in [0.717, 1.165) is 50.1 Å². The smallest absolute Gasteiger partial charge is 0.164 e. The fourth-order valence-electron chi connectivity index (χ4n) is 8.06. The zero-order valence-electron chi connectivity index (χ0n) is 28.8. The van der Waals surface area contributed by atoms with E-state index in [2.05, 4.69) is 146 Å². The highest BCUT2D eigenvalue weighted by molar-refractivity contribution is 6.08. The lowest BCUT2D eigenvalue weighted by molar-refractivity contribution is 0.660. The van der Waals surface area contributed by atoms with Gasteiger partial charge in [0.2, 0.25) is 0 Å². The third kappa shape index (κ3) is 4.70. The van der Waals surface area contributed by atoms with Crippen LogP contribution in [0.15, 0.2) is 164 Å². The molecule has 5 heteroatoms. The van der Waals surface area contributed by atoms with Crippen molar-refractivity contribution in [2.75, 3.05) is 0 Å². The van der Waals surface area contributed by atoms with Gasteiger partial charge >= 0.3 is 0 Å². The van der Waals surface area contributed by atoms with Crippen LogP contribution in [0.3, 0.4) is 0 Å². The van der Waals surface area contributed by atoms with Crippen molar-refractivity contribution < 1.29 is 0 Å². The first-order chi connectivity index (χ1) is 25.5. The van der Waals surface area contributed by atoms with Crippen molar-refractivity contribution in [3.05, 3.63) is 175 Å². The molecule has 0 aliphatic heterocycles. The lowest BCUT2D eigenvalue weighted by Crippen LogP contribution is -2.17. The molecule has 0 amide bonds. The summed E-state index contributed by atoms with van der Waals surface area (Å²) in [6.07, 6.45) is 1.88. The average molecular weight is 668 g/mol. The Morgan fingerprint density at radius 3 is 1.92 bits per heavy atom. The number of rotatable bonds is 5. The van der Waals surface area contributed by atoms with Crippen LogP contribution in [0, 0.1) is 0 Å². The number of aromatic nitrogens is 5. The van der Waals surface area contributed by atoms with Gasteiger partial charge in [-0.3, -0.25) is 4.57 Å². The Hall–Kier alpha value is -6.72. The number of pyridine rings is 1. The van der Waals surface area contributed by atoms with Crippen LogP contribution in [-0.2, 0) is 5.41 Å². The van der Waals surface area contributed by atoms with E-state index in [1.165, 1.54) is 27.6 Å². The third-order valence-electron chi connectivity index (χ3n) is 10.5. The van der Waals surface area contributed by atoms with Gasteiger partial charge in [0, 0.05) is 44.8 Å². The first kappa shape index (κ1) is 30.1. The Bertz CT molecular complexity index is 2760. The summed E-state index contributed by atoms with van der Waals surface area (Å²) in [7, 11) is 0. The van der Waals surface area contributed by atoms with Gasteiger partial charge in [0.25, 0.3) is 0 Å². The van der Waals surface area contributed by atoms with Crippen LogP contribution < -0.4 is 0 Å². The molecule has 1 aliphatic rings. The first-order valence-electron chi connectivity index (χ1n) is 17.7. The maximum Gasteiger partial charge on any atom is 0.164 e. The lowest BCUT2D eigenvalue weighted by atomic mass is 9.80. The summed E-state index contributed by atoms with van der Waals surface area (Å²) >= 11 is 0. The Morgan fingerprint density at radius 1 is 0.462 bits per heavy atom. The molecule has 3 heterocycles. The fraction of sp³-hybridized carbons (Fsp3) is 0.0638. The van der Waals surface area contributed by atoms with E-state index in [9.17, 15) is 0 Å². The monoisotopic (exact) mass is 667 g/mol. The largest absolute Gasteiger partial charge is 0.294 e. The molecule has 0 unspecified atom stereocenters. The van der Waals surface area contributed by atoms with Crippen molar-refractivity contribution in [1.82, 2.24) is 24.5 Å². The van der Waals surface area contributed by atoms with Crippen LogP contribution in [0.1, 0.15) is 25.0 Å². The predicted molar refractivity (Wildman–Crippen MR) is 211 cm³/mol. The summed E-state index contributed by atoms with van der Waals surface area (Å²) in [5, 5.41) is 2.35. The second kappa shape index (κ2) is 11.7. The lowest BCUT2D eigenvalue weighted by Gasteiger charge is -2.24. The summed E-state index contributed by atoms with van der Waals surface area (Å²) in [6.45, 7) is 4.64. The maximum atomic E-state index is 5.23. The number of benzene rings is 6. The second-order valence-corrected chi connectivity index (χ2v) is 13.9. The summed E-state index contributed by atoms with van der Waals surface area (Å²) < 4.78 is 2.29. The molecule has 52 heavy (non-hydrogen) atoms. The van der Waals surface area contributed by atoms with Crippen molar-refractivity contribution in [2.24, 2.45) is 0 Å². The van der Waals surface area contributed by atoms with E-state index in [1.807, 2.05) is 36.5 Å². The molecule has 6 aromatic carbocycles. The molecule has 0 radical (unpaired) electrons. The van der Waals surface area contributed by atoms with Gasteiger partial charge in [-0.25, -0.2) is 19.9 Å². The molecule has 0 saturated carbocycles. The number of para-hydroxylation sites is 1. The van der Waals surface area contributed by atoms with Crippen LogP contribution in [0.2, 0.25) is 0 Å². The standard InChI is InChI=1S/C47H33N5/c1-47(2)40-29-34(52-41-24-10-9-20-36(41)38-23-13-27-48-46(38)52)25-26-35(40)37-21-12-22-39(42(37)47)45-50-43(31-16-7-4-8-17-31)49-44(51-45)33-19-11-18-32(28-33)30-14-5-3-6-15-30/h3-29H,1-2H3. The molecule has 9 aromatic rings. The molecular formula is C47H33N5. The zero-order chi connectivity index (χ0) is 34.8. The van der Waals surface area contributed by atoms with Gasteiger partial charge in [0.15, 0.2) is 17.5 Å². The van der Waals surface area contributed by atoms with Gasteiger partial charge in [-0.15, -0.1) is 0 Å². The highest BCUT2D eigenvalue weighted by Gasteiger charge is 2.38.